The highest BCUT2D eigenvalue weighted by atomic mass is 32.2. The van der Waals surface area contributed by atoms with E-state index in [9.17, 15) is 89.8 Å². The number of carbonyl (C=O) groups is 2. The van der Waals surface area contributed by atoms with Gasteiger partial charge in [0.25, 0.3) is 56.5 Å². The summed E-state index contributed by atoms with van der Waals surface area (Å²) >= 11 is 0. The molecule has 36 heteroatoms. The second-order valence-corrected chi connectivity index (χ2v) is 24.9. The van der Waals surface area contributed by atoms with Crippen molar-refractivity contribution in [1.29, 1.82) is 0 Å². The number of hydrazone groups is 1. The molecule has 0 aliphatic carbocycles. The van der Waals surface area contributed by atoms with Crippen molar-refractivity contribution in [2.24, 2.45) is 35.8 Å². The number of anilines is 1. The zero-order valence-electron chi connectivity index (χ0n) is 41.5. The van der Waals surface area contributed by atoms with Crippen LogP contribution in [0.4, 0.5) is 34.1 Å². The Labute approximate surface area is 466 Å². The molecular weight excluding hydrogens is 1200 g/mol. The summed E-state index contributed by atoms with van der Waals surface area (Å²) in [4.78, 5) is 29.8. The Hall–Kier alpha value is -9.11. The number of hydrogen-bond donors (Lipinski definition) is 9. The number of nitrogens with zero attached hydrogens (tertiary/aromatic N) is 9. The number of imidazole rings is 1. The van der Waals surface area contributed by atoms with Crippen molar-refractivity contribution in [3.05, 3.63) is 109 Å². The highest BCUT2D eigenvalue weighted by molar-refractivity contribution is 7.86. The fraction of sp³-hybridized carbons (Fsp3) is 0.106. The van der Waals surface area contributed by atoms with E-state index in [1.807, 2.05) is 0 Å². The quantitative estimate of drug-likeness (QED) is 0.0226. The fourth-order valence-corrected chi connectivity index (χ4v) is 10.9. The Morgan fingerprint density at radius 2 is 1.30 bits per heavy atom. The van der Waals surface area contributed by atoms with Gasteiger partial charge >= 0.3 is 5.97 Å². The molecule has 430 valence electrons. The number of carbonyl (C=O) groups excluding carboxylic acids is 1. The number of hydrogen-bond acceptors (Lipinski definition) is 23. The lowest BCUT2D eigenvalue weighted by molar-refractivity contribution is -0.130. The van der Waals surface area contributed by atoms with E-state index in [4.69, 9.17) is 4.74 Å². The van der Waals surface area contributed by atoms with Crippen LogP contribution in [0.5, 0.6) is 17.2 Å². The van der Waals surface area contributed by atoms with E-state index in [0.29, 0.717) is 16.6 Å². The van der Waals surface area contributed by atoms with Crippen LogP contribution < -0.4 is 9.75 Å². The van der Waals surface area contributed by atoms with Crippen LogP contribution in [0.3, 0.4) is 0 Å². The van der Waals surface area contributed by atoms with Crippen LogP contribution in [-0.4, -0.2) is 126 Å². The van der Waals surface area contributed by atoms with E-state index in [1.165, 1.54) is 49.4 Å². The van der Waals surface area contributed by atoms with Crippen LogP contribution in [0, 0.1) is 6.92 Å². The number of aromatic amines is 1. The van der Waals surface area contributed by atoms with Gasteiger partial charge in [0.2, 0.25) is 6.04 Å². The van der Waals surface area contributed by atoms with Gasteiger partial charge in [-0.25, -0.2) is 9.78 Å². The minimum atomic E-state index is -5.26. The van der Waals surface area contributed by atoms with Crippen LogP contribution in [0.25, 0.3) is 44.0 Å². The number of aromatic nitrogens is 2. The van der Waals surface area contributed by atoms with Gasteiger partial charge in [0.05, 0.1) is 66.2 Å². The van der Waals surface area contributed by atoms with Gasteiger partial charge in [-0.3, -0.25) is 27.6 Å². The smallest absolute Gasteiger partial charge is 0.355 e. The Bertz CT molecular complexity index is 4800. The average Bonchev–Trinajstić information content (AvgIpc) is 4.02. The third-order valence-electron chi connectivity index (χ3n) is 12.1. The second kappa shape index (κ2) is 21.7. The van der Waals surface area contributed by atoms with Crippen molar-refractivity contribution in [3.8, 4) is 28.6 Å². The van der Waals surface area contributed by atoms with Crippen LogP contribution in [0.2, 0.25) is 0 Å². The Morgan fingerprint density at radius 3 is 1.92 bits per heavy atom. The zero-order valence-corrected chi connectivity index (χ0v) is 45.5. The van der Waals surface area contributed by atoms with Gasteiger partial charge in [0.1, 0.15) is 33.6 Å². The monoisotopic (exact) mass is 1240 g/mol. The predicted octanol–water partition coefficient (Wildman–Crippen LogP) is 7.67. The molecule has 1 unspecified atom stereocenters. The van der Waals surface area contributed by atoms with E-state index in [0.717, 1.165) is 54.6 Å². The number of fused-ring (bicyclic) bond motifs is 4. The molecule has 0 bridgehead atoms. The number of phenols is 2. The van der Waals surface area contributed by atoms with Crippen LogP contribution in [0.15, 0.2) is 158 Å². The second-order valence-electron chi connectivity index (χ2n) is 17.7. The summed E-state index contributed by atoms with van der Waals surface area (Å²) in [6, 6.07) is 17.5. The molecule has 83 heavy (non-hydrogen) atoms. The molecule has 1 aromatic heterocycles. The van der Waals surface area contributed by atoms with Crippen molar-refractivity contribution in [1.82, 2.24) is 9.97 Å². The summed E-state index contributed by atoms with van der Waals surface area (Å²) in [5.41, 5.74) is -1.23. The molecule has 9 rings (SSSR count). The lowest BCUT2D eigenvalue weighted by atomic mass is 10.1. The number of phenolic OH excluding ortho intramolecular Hbond substituents is 2. The third kappa shape index (κ3) is 12.5. The lowest BCUT2D eigenvalue weighted by Gasteiger charge is -2.12. The molecule has 2 heterocycles. The molecule has 1 amide bonds. The number of ether oxygens (including phenoxy) is 1. The minimum absolute atomic E-state index is 0.00630. The number of aliphatic carboxylic acids is 1. The van der Waals surface area contributed by atoms with Gasteiger partial charge < -0.3 is 25.0 Å². The molecule has 9 N–H and O–H groups in total. The van der Waals surface area contributed by atoms with Gasteiger partial charge in [-0.2, -0.15) is 67.5 Å². The van der Waals surface area contributed by atoms with Crippen LogP contribution in [0.1, 0.15) is 12.0 Å². The first-order valence-corrected chi connectivity index (χ1v) is 30.3. The molecule has 7 aromatic carbocycles. The van der Waals surface area contributed by atoms with E-state index in [-0.39, 0.29) is 78.9 Å². The number of aryl methyl sites for hydroxylation is 1. The highest BCUT2D eigenvalue weighted by Crippen LogP contribution is 2.46. The molecule has 0 radical (unpaired) electrons. The Balaban J connectivity index is 1.03. The van der Waals surface area contributed by atoms with Crippen LogP contribution in [-0.2, 0) is 60.2 Å². The molecule has 8 aromatic rings. The topological polar surface area (TPSA) is 494 Å². The maximum absolute atomic E-state index is 13.3. The number of carboxylic acids is 1. The normalized spacial score (nSPS) is 14.8. The molecule has 1 aliphatic heterocycles. The Kier molecular flexibility index (Phi) is 15.3. The van der Waals surface area contributed by atoms with E-state index in [1.54, 1.807) is 0 Å². The van der Waals surface area contributed by atoms with Gasteiger partial charge in [0, 0.05) is 28.5 Å². The van der Waals surface area contributed by atoms with Crippen molar-refractivity contribution < 1.29 is 94.5 Å². The first-order chi connectivity index (χ1) is 38.7. The summed E-state index contributed by atoms with van der Waals surface area (Å²) in [6.07, 6.45) is -0.305. The van der Waals surface area contributed by atoms with E-state index >= 15 is 0 Å². The average molecular weight is 1240 g/mol. The SMILES string of the molecule is Cc1cc(N=Nc2c(S(=O)(=O)O)cc3c(ccc4nc(-c5ccc(N=NC6C(=O)N(c7ccc(S(=O)(=O)O)cc7)N=C6C(=O)O)cc5)[nH]c43)c2O)c(OCCCS(=O)(=O)O)cc1N=Nc1cc(S(=O)(=O)O)cc2cc(S(=O)(=O)O)cc(O)c12. The fourth-order valence-electron chi connectivity index (χ4n) is 8.18. The molecule has 1 atom stereocenters. The summed E-state index contributed by atoms with van der Waals surface area (Å²) < 4.78 is 174. The number of rotatable bonds is 18. The van der Waals surface area contributed by atoms with E-state index < -0.39 is 129 Å². The number of carboxylic acid groups (broad SMARTS) is 1. The largest absolute Gasteiger partial charge is 0.507 e. The predicted molar refractivity (Wildman–Crippen MR) is 289 cm³/mol. The molecule has 0 saturated carbocycles. The summed E-state index contributed by atoms with van der Waals surface area (Å²) in [6.45, 7) is 1.00. The van der Waals surface area contributed by atoms with Gasteiger partial charge in [-0.05, 0) is 115 Å². The van der Waals surface area contributed by atoms with Crippen molar-refractivity contribution in [2.75, 3.05) is 17.4 Å². The number of benzene rings is 7. The number of aromatic hydroxyl groups is 2. The van der Waals surface area contributed by atoms with Gasteiger partial charge in [-0.15, -0.1) is 15.3 Å². The first kappa shape index (κ1) is 58.5. The summed E-state index contributed by atoms with van der Waals surface area (Å²) in [7, 11) is -24.3. The standard InChI is InChI=1S/C47H36N10O21S5/c1-22-15-34(37(78-13-2-14-79(63,64)65)21-33(22)51-53-35-18-28(81(69,70)71)16-24-17-29(82(72,73)74)19-36(58)39(24)35)52-54-41-38(83(75,76)77)20-31-30(44(41)59)11-12-32-40(31)49-45(48-32)23-3-5-25(6-4-23)50-55-42-43(47(61)62)56-57(46(42)60)26-7-9-27(10-8-26)80(66,67)68/h3-12,15-21,42,58-59H,2,13-14H2,1H3,(H,48,49)(H,61,62)(H,63,64,65)(H,66,67,68)(H,69,70,71)(H,72,73,74)(H,75,76,77). The molecule has 1 aliphatic rings. The Morgan fingerprint density at radius 1 is 0.675 bits per heavy atom. The number of amides is 1. The lowest BCUT2D eigenvalue weighted by Crippen LogP contribution is -2.33. The van der Waals surface area contributed by atoms with Gasteiger partial charge in [-0.1, -0.05) is 0 Å². The van der Waals surface area contributed by atoms with Crippen molar-refractivity contribution in [2.45, 2.75) is 39.0 Å². The molecule has 0 saturated heterocycles. The van der Waals surface area contributed by atoms with Gasteiger partial charge in [0.15, 0.2) is 11.5 Å². The van der Waals surface area contributed by atoms with Crippen molar-refractivity contribution in [3.63, 3.8) is 0 Å². The molecule has 0 spiro atoms. The third-order valence-corrected chi connectivity index (χ3v) is 16.3. The van der Waals surface area contributed by atoms with Crippen LogP contribution >= 0.6 is 0 Å². The molecular formula is C47H36N10O21S5. The highest BCUT2D eigenvalue weighted by Gasteiger charge is 2.41. The summed E-state index contributed by atoms with van der Waals surface area (Å²) in [5, 5.41) is 60.2. The minimum Gasteiger partial charge on any atom is -0.507 e. The number of azo groups is 3. The van der Waals surface area contributed by atoms with Crippen molar-refractivity contribution >= 4 is 135 Å². The molecule has 0 fully saturated rings. The zero-order chi connectivity index (χ0) is 60.3. The first-order valence-electron chi connectivity index (χ1n) is 23.0. The molecule has 31 nitrogen and oxygen atoms in total. The number of H-pyrrole nitrogens is 1. The number of nitrogens with one attached hydrogen (secondary N) is 1. The van der Waals surface area contributed by atoms with E-state index in [2.05, 4.69) is 45.8 Å². The maximum Gasteiger partial charge on any atom is 0.355 e. The maximum atomic E-state index is 13.3. The summed E-state index contributed by atoms with van der Waals surface area (Å²) in [5.74, 6) is -5.02.